The molecule has 0 aliphatic carbocycles. The van der Waals surface area contributed by atoms with Crippen LogP contribution >= 0.6 is 23.1 Å². The number of nitrogens with one attached hydrogen (secondary N) is 1. The van der Waals surface area contributed by atoms with Gasteiger partial charge >= 0.3 is 0 Å². The molecule has 0 aliphatic rings. The van der Waals surface area contributed by atoms with Crippen LogP contribution in [0.15, 0.2) is 24.3 Å². The Balaban J connectivity index is 1.85. The van der Waals surface area contributed by atoms with E-state index in [2.05, 4.69) is 10.3 Å². The van der Waals surface area contributed by atoms with Crippen molar-refractivity contribution in [3.05, 3.63) is 24.3 Å². The minimum atomic E-state index is -0.0210. The molecule has 0 spiro atoms. The van der Waals surface area contributed by atoms with Crippen LogP contribution in [0.25, 0.3) is 10.2 Å². The van der Waals surface area contributed by atoms with Gasteiger partial charge in [-0.1, -0.05) is 30.4 Å². The molecule has 0 saturated heterocycles. The van der Waals surface area contributed by atoms with Crippen LogP contribution in [-0.2, 0) is 4.79 Å². The Hall–Kier alpha value is -1.11. The van der Waals surface area contributed by atoms with E-state index >= 15 is 0 Å². The first kappa shape index (κ1) is 14.3. The molecule has 19 heavy (non-hydrogen) atoms. The van der Waals surface area contributed by atoms with Crippen LogP contribution in [0.4, 0.5) is 5.13 Å². The number of nitrogens with two attached hydrogens (primary N) is 1. The Bertz CT molecular complexity index is 523. The summed E-state index contributed by atoms with van der Waals surface area (Å²) in [6.45, 7) is 2.05. The Labute approximate surface area is 120 Å². The molecule has 6 heteroatoms. The van der Waals surface area contributed by atoms with Gasteiger partial charge in [0, 0.05) is 11.8 Å². The van der Waals surface area contributed by atoms with Crippen molar-refractivity contribution in [3.8, 4) is 0 Å². The van der Waals surface area contributed by atoms with E-state index in [1.165, 1.54) is 11.3 Å². The van der Waals surface area contributed by atoms with Crippen LogP contribution in [-0.4, -0.2) is 28.4 Å². The first-order valence-electron chi connectivity index (χ1n) is 6.17. The molecule has 1 heterocycles. The molecule has 0 saturated carbocycles. The first-order chi connectivity index (χ1) is 9.19. The lowest BCUT2D eigenvalue weighted by Gasteiger charge is -2.07. The zero-order chi connectivity index (χ0) is 13.7. The molecule has 2 aromatic rings. The second-order valence-corrected chi connectivity index (χ2v) is 6.28. The van der Waals surface area contributed by atoms with Crippen molar-refractivity contribution in [2.45, 2.75) is 19.4 Å². The summed E-state index contributed by atoms with van der Waals surface area (Å²) in [5, 5.41) is 3.49. The second kappa shape index (κ2) is 6.88. The van der Waals surface area contributed by atoms with Gasteiger partial charge in [0.15, 0.2) is 5.13 Å². The summed E-state index contributed by atoms with van der Waals surface area (Å²) in [5.74, 6) is 1.21. The average molecular weight is 295 g/mol. The van der Waals surface area contributed by atoms with Crippen LogP contribution in [0, 0.1) is 0 Å². The molecular formula is C13H17N3OS2. The van der Waals surface area contributed by atoms with Gasteiger partial charge in [0.25, 0.3) is 0 Å². The molecule has 0 bridgehead atoms. The molecule has 4 nitrogen and oxygen atoms in total. The molecule has 0 radical (unpaired) electrons. The Kier molecular flexibility index (Phi) is 5.18. The predicted molar refractivity (Wildman–Crippen MR) is 83.8 cm³/mol. The fourth-order valence-electron chi connectivity index (χ4n) is 1.50. The number of carbonyl (C=O) groups excluding carboxylic acids is 1. The number of carbonyl (C=O) groups is 1. The van der Waals surface area contributed by atoms with E-state index in [9.17, 15) is 4.79 Å². The van der Waals surface area contributed by atoms with E-state index < -0.39 is 0 Å². The second-order valence-electron chi connectivity index (χ2n) is 4.22. The molecule has 1 aromatic heterocycles. The van der Waals surface area contributed by atoms with Gasteiger partial charge in [-0.25, -0.2) is 4.98 Å². The van der Waals surface area contributed by atoms with Crippen LogP contribution in [0.3, 0.4) is 0 Å². The quantitative estimate of drug-likeness (QED) is 0.860. The van der Waals surface area contributed by atoms with Crippen molar-refractivity contribution in [1.82, 2.24) is 4.98 Å². The van der Waals surface area contributed by atoms with Crippen LogP contribution in [0.2, 0.25) is 0 Å². The van der Waals surface area contributed by atoms with Gasteiger partial charge in [-0.05, 0) is 18.6 Å². The highest BCUT2D eigenvalue weighted by atomic mass is 32.2. The van der Waals surface area contributed by atoms with Gasteiger partial charge in [-0.3, -0.25) is 4.79 Å². The van der Waals surface area contributed by atoms with Gasteiger partial charge in [0.2, 0.25) is 5.91 Å². The first-order valence-corrected chi connectivity index (χ1v) is 8.15. The standard InChI is InChI=1S/C13H17N3OS2/c1-2-9(14)7-18-8-12(17)16-13-15-10-5-3-4-6-11(10)19-13/h3-6,9H,2,7-8,14H2,1H3,(H,15,16,17). The number of benzene rings is 1. The van der Waals surface area contributed by atoms with Crippen molar-refractivity contribution in [2.24, 2.45) is 5.73 Å². The van der Waals surface area contributed by atoms with Crippen molar-refractivity contribution in [2.75, 3.05) is 16.8 Å². The summed E-state index contributed by atoms with van der Waals surface area (Å²) in [4.78, 5) is 16.1. The summed E-state index contributed by atoms with van der Waals surface area (Å²) in [7, 11) is 0. The van der Waals surface area contributed by atoms with Crippen molar-refractivity contribution >= 4 is 44.4 Å². The number of hydrogen-bond donors (Lipinski definition) is 2. The zero-order valence-electron chi connectivity index (χ0n) is 10.8. The molecule has 3 N–H and O–H groups in total. The fraction of sp³-hybridized carbons (Fsp3) is 0.385. The fourth-order valence-corrected chi connectivity index (χ4v) is 3.30. The number of thiazole rings is 1. The lowest BCUT2D eigenvalue weighted by molar-refractivity contribution is -0.113. The maximum absolute atomic E-state index is 11.8. The van der Waals surface area contributed by atoms with Crippen molar-refractivity contribution < 1.29 is 4.79 Å². The summed E-state index contributed by atoms with van der Waals surface area (Å²) in [6, 6.07) is 8.01. The highest BCUT2D eigenvalue weighted by molar-refractivity contribution is 8.00. The van der Waals surface area contributed by atoms with E-state index in [-0.39, 0.29) is 11.9 Å². The third kappa shape index (κ3) is 4.19. The summed E-state index contributed by atoms with van der Waals surface area (Å²) < 4.78 is 1.08. The van der Waals surface area contributed by atoms with Gasteiger partial charge in [0.1, 0.15) is 0 Å². The maximum atomic E-state index is 11.8. The van der Waals surface area contributed by atoms with Crippen LogP contribution in [0.1, 0.15) is 13.3 Å². The number of amides is 1. The van der Waals surface area contributed by atoms with Gasteiger partial charge < -0.3 is 11.1 Å². The van der Waals surface area contributed by atoms with Gasteiger partial charge in [-0.2, -0.15) is 11.8 Å². The Morgan fingerprint density at radius 1 is 1.53 bits per heavy atom. The maximum Gasteiger partial charge on any atom is 0.236 e. The molecule has 2 rings (SSSR count). The van der Waals surface area contributed by atoms with Crippen LogP contribution < -0.4 is 11.1 Å². The Morgan fingerprint density at radius 2 is 2.32 bits per heavy atom. The van der Waals surface area contributed by atoms with E-state index in [4.69, 9.17) is 5.73 Å². The third-order valence-electron chi connectivity index (χ3n) is 2.63. The van der Waals surface area contributed by atoms with Crippen molar-refractivity contribution in [3.63, 3.8) is 0 Å². The molecule has 102 valence electrons. The lowest BCUT2D eigenvalue weighted by atomic mass is 10.3. The highest BCUT2D eigenvalue weighted by Gasteiger charge is 2.08. The van der Waals surface area contributed by atoms with E-state index in [0.717, 1.165) is 22.4 Å². The third-order valence-corrected chi connectivity index (χ3v) is 4.71. The number of nitrogens with zero attached hydrogens (tertiary/aromatic N) is 1. The van der Waals surface area contributed by atoms with E-state index in [0.29, 0.717) is 10.9 Å². The predicted octanol–water partition coefficient (Wildman–Crippen LogP) is 2.71. The Morgan fingerprint density at radius 3 is 3.05 bits per heavy atom. The van der Waals surface area contributed by atoms with E-state index in [1.807, 2.05) is 31.2 Å². The summed E-state index contributed by atoms with van der Waals surface area (Å²) >= 11 is 3.05. The summed E-state index contributed by atoms with van der Waals surface area (Å²) in [6.07, 6.45) is 0.937. The molecular weight excluding hydrogens is 278 g/mol. The number of anilines is 1. The summed E-state index contributed by atoms with van der Waals surface area (Å²) in [5.41, 5.74) is 6.72. The minimum absolute atomic E-state index is 0.0210. The van der Waals surface area contributed by atoms with Crippen molar-refractivity contribution in [1.29, 1.82) is 0 Å². The number of rotatable bonds is 6. The molecule has 0 aliphatic heterocycles. The monoisotopic (exact) mass is 295 g/mol. The lowest BCUT2D eigenvalue weighted by Crippen LogP contribution is -2.23. The molecule has 1 atom stereocenters. The zero-order valence-corrected chi connectivity index (χ0v) is 12.4. The molecule has 0 fully saturated rings. The minimum Gasteiger partial charge on any atom is -0.327 e. The average Bonchev–Trinajstić information content (AvgIpc) is 2.80. The van der Waals surface area contributed by atoms with Gasteiger partial charge in [-0.15, -0.1) is 0 Å². The number of hydrogen-bond acceptors (Lipinski definition) is 5. The molecule has 1 unspecified atom stereocenters. The number of para-hydroxylation sites is 1. The molecule has 1 amide bonds. The largest absolute Gasteiger partial charge is 0.327 e. The topological polar surface area (TPSA) is 68.0 Å². The molecule has 1 aromatic carbocycles. The number of aromatic nitrogens is 1. The SMILES string of the molecule is CCC(N)CSCC(=O)Nc1nc2ccccc2s1. The van der Waals surface area contributed by atoms with Crippen LogP contribution in [0.5, 0.6) is 0 Å². The number of fused-ring (bicyclic) bond motifs is 1. The normalized spacial score (nSPS) is 12.5. The number of thioether (sulfide) groups is 1. The highest BCUT2D eigenvalue weighted by Crippen LogP contribution is 2.25. The van der Waals surface area contributed by atoms with E-state index in [1.54, 1.807) is 11.8 Å². The van der Waals surface area contributed by atoms with Gasteiger partial charge in [0.05, 0.1) is 16.0 Å². The smallest absolute Gasteiger partial charge is 0.236 e.